The molecule has 0 saturated carbocycles. The van der Waals surface area contributed by atoms with E-state index in [-0.39, 0.29) is 32.2 Å². The maximum atomic E-state index is 12.4. The average Bonchev–Trinajstić information content (AvgIpc) is 2.76. The predicted octanol–water partition coefficient (Wildman–Crippen LogP) is 0.605. The number of nitrogens with zero attached hydrogens (tertiary/aromatic N) is 2. The van der Waals surface area contributed by atoms with Gasteiger partial charge >= 0.3 is 0 Å². The normalized spacial score (nSPS) is 10.9. The zero-order valence-corrected chi connectivity index (χ0v) is 10.9. The fraction of sp³-hybridized carbons (Fsp3) is 0.357. The molecular weight excluding hydrogens is 244 g/mol. The first kappa shape index (κ1) is 13.6. The lowest BCUT2D eigenvalue weighted by Gasteiger charge is -2.20. The maximum Gasteiger partial charge on any atom is 0.256 e. The summed E-state index contributed by atoms with van der Waals surface area (Å²) in [7, 11) is 1.89. The number of fused-ring (bicyclic) bond motifs is 1. The van der Waals surface area contributed by atoms with E-state index in [1.165, 1.54) is 4.90 Å². The first-order chi connectivity index (χ1) is 9.19. The van der Waals surface area contributed by atoms with Crippen molar-refractivity contribution in [3.63, 3.8) is 0 Å². The third-order valence-electron chi connectivity index (χ3n) is 3.15. The second kappa shape index (κ2) is 5.86. The van der Waals surface area contributed by atoms with Crippen molar-refractivity contribution < 1.29 is 15.0 Å². The minimum atomic E-state index is -0.167. The van der Waals surface area contributed by atoms with Gasteiger partial charge in [-0.25, -0.2) is 0 Å². The van der Waals surface area contributed by atoms with E-state index in [0.29, 0.717) is 5.56 Å². The summed E-state index contributed by atoms with van der Waals surface area (Å²) in [6.07, 6.45) is 1.79. The van der Waals surface area contributed by atoms with Gasteiger partial charge in [-0.3, -0.25) is 4.79 Å². The van der Waals surface area contributed by atoms with Crippen molar-refractivity contribution in [2.75, 3.05) is 26.3 Å². The SMILES string of the molecule is Cn1cc(C(=O)N(CCO)CCO)c2ccccc21. The quantitative estimate of drug-likeness (QED) is 0.829. The Morgan fingerprint density at radius 1 is 1.21 bits per heavy atom. The number of amides is 1. The highest BCUT2D eigenvalue weighted by Gasteiger charge is 2.19. The van der Waals surface area contributed by atoms with E-state index in [1.54, 1.807) is 6.20 Å². The lowest BCUT2D eigenvalue weighted by atomic mass is 10.1. The molecule has 5 heteroatoms. The molecule has 0 atom stereocenters. The lowest BCUT2D eigenvalue weighted by Crippen LogP contribution is -2.35. The molecule has 1 aromatic heterocycles. The van der Waals surface area contributed by atoms with Crippen LogP contribution in [0.1, 0.15) is 10.4 Å². The highest BCUT2D eigenvalue weighted by molar-refractivity contribution is 6.06. The van der Waals surface area contributed by atoms with Crippen molar-refractivity contribution >= 4 is 16.8 Å². The molecule has 0 radical (unpaired) electrons. The molecule has 2 N–H and O–H groups in total. The van der Waals surface area contributed by atoms with Crippen LogP contribution in [0.2, 0.25) is 0 Å². The second-order valence-electron chi connectivity index (χ2n) is 4.41. The Bertz CT molecular complexity index is 571. The molecule has 0 bridgehead atoms. The number of rotatable bonds is 5. The summed E-state index contributed by atoms with van der Waals surface area (Å²) in [5.74, 6) is -0.167. The summed E-state index contributed by atoms with van der Waals surface area (Å²) in [5.41, 5.74) is 1.58. The van der Waals surface area contributed by atoms with Crippen molar-refractivity contribution in [3.8, 4) is 0 Å². The van der Waals surface area contributed by atoms with Gasteiger partial charge in [0, 0.05) is 37.2 Å². The molecule has 19 heavy (non-hydrogen) atoms. The van der Waals surface area contributed by atoms with Gasteiger partial charge in [0.15, 0.2) is 0 Å². The lowest BCUT2D eigenvalue weighted by molar-refractivity contribution is 0.0686. The summed E-state index contributed by atoms with van der Waals surface area (Å²) in [6.45, 7) is 0.220. The zero-order valence-electron chi connectivity index (χ0n) is 10.9. The largest absolute Gasteiger partial charge is 0.395 e. The number of para-hydroxylation sites is 1. The molecule has 1 aromatic carbocycles. The van der Waals surface area contributed by atoms with Crippen LogP contribution in [0.4, 0.5) is 0 Å². The van der Waals surface area contributed by atoms with Gasteiger partial charge in [-0.15, -0.1) is 0 Å². The number of benzene rings is 1. The van der Waals surface area contributed by atoms with Crippen molar-refractivity contribution in [2.45, 2.75) is 0 Å². The van der Waals surface area contributed by atoms with Crippen LogP contribution in [-0.2, 0) is 7.05 Å². The van der Waals surface area contributed by atoms with Gasteiger partial charge in [0.05, 0.1) is 18.8 Å². The molecule has 0 aliphatic rings. The minimum Gasteiger partial charge on any atom is -0.395 e. The number of hydrogen-bond donors (Lipinski definition) is 2. The molecule has 2 aromatic rings. The first-order valence-corrected chi connectivity index (χ1v) is 6.24. The topological polar surface area (TPSA) is 65.7 Å². The van der Waals surface area contributed by atoms with Crippen LogP contribution in [0, 0.1) is 0 Å². The number of carbonyl (C=O) groups is 1. The molecule has 0 unspecified atom stereocenters. The third-order valence-corrected chi connectivity index (χ3v) is 3.15. The number of aryl methyl sites for hydroxylation is 1. The standard InChI is InChI=1S/C14H18N2O3/c1-15-10-12(11-4-2-3-5-13(11)15)14(19)16(6-8-17)7-9-18/h2-5,10,17-18H,6-9H2,1H3. The van der Waals surface area contributed by atoms with E-state index in [1.807, 2.05) is 35.9 Å². The van der Waals surface area contributed by atoms with Crippen LogP contribution in [-0.4, -0.2) is 51.9 Å². The summed E-state index contributed by atoms with van der Waals surface area (Å²) < 4.78 is 1.90. The van der Waals surface area contributed by atoms with E-state index >= 15 is 0 Å². The molecule has 0 saturated heterocycles. The fourth-order valence-electron chi connectivity index (χ4n) is 2.24. The van der Waals surface area contributed by atoms with Gasteiger partial charge in [-0.1, -0.05) is 18.2 Å². The van der Waals surface area contributed by atoms with E-state index in [2.05, 4.69) is 0 Å². The summed E-state index contributed by atoms with van der Waals surface area (Å²) in [5, 5.41) is 18.9. The second-order valence-corrected chi connectivity index (χ2v) is 4.41. The van der Waals surface area contributed by atoms with E-state index < -0.39 is 0 Å². The third kappa shape index (κ3) is 2.62. The minimum absolute atomic E-state index is 0.115. The van der Waals surface area contributed by atoms with E-state index in [0.717, 1.165) is 10.9 Å². The first-order valence-electron chi connectivity index (χ1n) is 6.24. The number of carbonyl (C=O) groups excluding carboxylic acids is 1. The molecule has 0 aliphatic carbocycles. The van der Waals surface area contributed by atoms with E-state index in [9.17, 15) is 4.79 Å². The van der Waals surface area contributed by atoms with Crippen LogP contribution >= 0.6 is 0 Å². The van der Waals surface area contributed by atoms with E-state index in [4.69, 9.17) is 10.2 Å². The highest BCUT2D eigenvalue weighted by atomic mass is 16.3. The molecule has 2 rings (SSSR count). The zero-order chi connectivity index (χ0) is 13.8. The Morgan fingerprint density at radius 3 is 2.47 bits per heavy atom. The molecular formula is C14H18N2O3. The number of aromatic nitrogens is 1. The molecule has 1 heterocycles. The van der Waals surface area contributed by atoms with Gasteiger partial charge in [0.2, 0.25) is 0 Å². The molecule has 1 amide bonds. The van der Waals surface area contributed by atoms with Crippen LogP contribution in [0.5, 0.6) is 0 Å². The molecule has 0 fully saturated rings. The molecule has 102 valence electrons. The van der Waals surface area contributed by atoms with Crippen molar-refractivity contribution in [1.82, 2.24) is 9.47 Å². The Morgan fingerprint density at radius 2 is 1.84 bits per heavy atom. The number of hydrogen-bond acceptors (Lipinski definition) is 3. The molecule has 5 nitrogen and oxygen atoms in total. The van der Waals surface area contributed by atoms with Crippen LogP contribution in [0.3, 0.4) is 0 Å². The Kier molecular flexibility index (Phi) is 4.19. The molecule has 0 spiro atoms. The van der Waals surface area contributed by atoms with Gasteiger partial charge < -0.3 is 19.7 Å². The van der Waals surface area contributed by atoms with Crippen LogP contribution < -0.4 is 0 Å². The Labute approximate surface area is 111 Å². The van der Waals surface area contributed by atoms with Gasteiger partial charge in [-0.2, -0.15) is 0 Å². The van der Waals surface area contributed by atoms with Crippen molar-refractivity contribution in [2.24, 2.45) is 7.05 Å². The number of aliphatic hydroxyl groups is 2. The Hall–Kier alpha value is -1.85. The van der Waals surface area contributed by atoms with Gasteiger partial charge in [0.1, 0.15) is 0 Å². The van der Waals surface area contributed by atoms with Crippen molar-refractivity contribution in [3.05, 3.63) is 36.0 Å². The maximum absolute atomic E-state index is 12.4. The fourth-order valence-corrected chi connectivity index (χ4v) is 2.24. The molecule has 0 aliphatic heterocycles. The number of aliphatic hydroxyl groups excluding tert-OH is 2. The van der Waals surface area contributed by atoms with Crippen LogP contribution in [0.25, 0.3) is 10.9 Å². The average molecular weight is 262 g/mol. The van der Waals surface area contributed by atoms with Gasteiger partial charge in [-0.05, 0) is 6.07 Å². The monoisotopic (exact) mass is 262 g/mol. The van der Waals surface area contributed by atoms with Gasteiger partial charge in [0.25, 0.3) is 5.91 Å². The Balaban J connectivity index is 2.40. The predicted molar refractivity (Wildman–Crippen MR) is 73.0 cm³/mol. The highest BCUT2D eigenvalue weighted by Crippen LogP contribution is 2.21. The summed E-state index contributed by atoms with van der Waals surface area (Å²) in [4.78, 5) is 13.9. The summed E-state index contributed by atoms with van der Waals surface area (Å²) in [6, 6.07) is 7.67. The smallest absolute Gasteiger partial charge is 0.256 e. The summed E-state index contributed by atoms with van der Waals surface area (Å²) >= 11 is 0. The van der Waals surface area contributed by atoms with Crippen LogP contribution in [0.15, 0.2) is 30.5 Å². The van der Waals surface area contributed by atoms with Crippen molar-refractivity contribution in [1.29, 1.82) is 0 Å².